The predicted octanol–water partition coefficient (Wildman–Crippen LogP) is 3.48. The van der Waals surface area contributed by atoms with Crippen LogP contribution in [0.1, 0.15) is 31.4 Å². The Morgan fingerprint density at radius 3 is 2.68 bits per heavy atom. The van der Waals surface area contributed by atoms with E-state index in [9.17, 15) is 23.5 Å². The van der Waals surface area contributed by atoms with Gasteiger partial charge in [0.1, 0.15) is 22.9 Å². The molecule has 4 aromatic rings. The maximum Gasteiger partial charge on any atom is 0.345 e. The van der Waals surface area contributed by atoms with E-state index in [1.54, 1.807) is 11.0 Å². The van der Waals surface area contributed by atoms with Crippen molar-refractivity contribution in [3.63, 3.8) is 0 Å². The molecule has 1 fully saturated rings. The van der Waals surface area contributed by atoms with Gasteiger partial charge in [-0.25, -0.2) is 18.6 Å². The third kappa shape index (κ3) is 4.41. The Bertz CT molecular complexity index is 1580. The molecule has 1 aliphatic carbocycles. The van der Waals surface area contributed by atoms with Crippen LogP contribution in [0, 0.1) is 11.6 Å². The minimum atomic E-state index is -0.530. The van der Waals surface area contributed by atoms with E-state index in [1.165, 1.54) is 24.3 Å². The predicted molar refractivity (Wildman–Crippen MR) is 135 cm³/mol. The number of hydrogen-bond donors (Lipinski definition) is 2. The highest BCUT2D eigenvalue weighted by Crippen LogP contribution is 2.37. The van der Waals surface area contributed by atoms with E-state index in [4.69, 9.17) is 9.15 Å². The fourth-order valence-corrected chi connectivity index (χ4v) is 5.76. The molecule has 198 valence electrons. The number of nitrogens with zero attached hydrogens (tertiary/aromatic N) is 3. The zero-order valence-electron chi connectivity index (χ0n) is 20.5. The lowest BCUT2D eigenvalue weighted by atomic mass is 9.88. The van der Waals surface area contributed by atoms with E-state index in [0.717, 1.165) is 24.7 Å². The molecule has 0 radical (unpaired) electrons. The number of aromatic nitrogens is 2. The van der Waals surface area contributed by atoms with Crippen LogP contribution >= 0.6 is 0 Å². The average Bonchev–Trinajstić information content (AvgIpc) is 3.34. The largest absolute Gasteiger partial charge is 0.466 e. The molecule has 38 heavy (non-hydrogen) atoms. The normalized spacial score (nSPS) is 19.8. The Morgan fingerprint density at radius 1 is 1.08 bits per heavy atom. The van der Waals surface area contributed by atoms with Crippen LogP contribution in [0.25, 0.3) is 21.9 Å². The number of nitrogens with one attached hydrogen (secondary N) is 1. The molecule has 11 heteroatoms. The third-order valence-electron chi connectivity index (χ3n) is 7.47. The SMILES string of the molecule is O=C1COc2ncc(F)cc2N1[C@H]1CC[C@H](N(CCO)Cc2cc3c(=O)oc4ccc(F)cc4c3[nH]2)CC1. The molecular weight excluding hydrogens is 498 g/mol. The Kier molecular flexibility index (Phi) is 6.32. The van der Waals surface area contributed by atoms with Crippen LogP contribution in [-0.4, -0.2) is 57.7 Å². The topological polar surface area (TPSA) is 112 Å². The summed E-state index contributed by atoms with van der Waals surface area (Å²) in [6.45, 7) is 0.685. The van der Waals surface area contributed by atoms with E-state index in [-0.39, 0.29) is 37.1 Å². The first-order valence-electron chi connectivity index (χ1n) is 12.6. The molecule has 0 bridgehead atoms. The summed E-state index contributed by atoms with van der Waals surface area (Å²) >= 11 is 0. The summed E-state index contributed by atoms with van der Waals surface area (Å²) in [5, 5.41) is 10.6. The summed E-state index contributed by atoms with van der Waals surface area (Å²) in [6, 6.07) is 7.02. The number of rotatable bonds is 6. The molecule has 0 saturated heterocycles. The minimum Gasteiger partial charge on any atom is -0.466 e. The van der Waals surface area contributed by atoms with Crippen molar-refractivity contribution in [3.05, 3.63) is 64.3 Å². The molecule has 0 unspecified atom stereocenters. The number of anilines is 1. The van der Waals surface area contributed by atoms with Crippen molar-refractivity contribution < 1.29 is 27.8 Å². The molecular formula is C27H26F2N4O5. The molecule has 1 saturated carbocycles. The number of ether oxygens (including phenoxy) is 1. The molecule has 0 spiro atoms. The summed E-state index contributed by atoms with van der Waals surface area (Å²) in [7, 11) is 0. The zero-order valence-corrected chi connectivity index (χ0v) is 20.5. The summed E-state index contributed by atoms with van der Waals surface area (Å²) in [4.78, 5) is 36.2. The zero-order chi connectivity index (χ0) is 26.4. The van der Waals surface area contributed by atoms with Crippen molar-refractivity contribution in [3.8, 4) is 5.88 Å². The van der Waals surface area contributed by atoms with Crippen LogP contribution in [-0.2, 0) is 11.3 Å². The maximum atomic E-state index is 13.9. The molecule has 1 aliphatic heterocycles. The monoisotopic (exact) mass is 524 g/mol. The second-order valence-electron chi connectivity index (χ2n) is 9.80. The molecule has 0 atom stereocenters. The summed E-state index contributed by atoms with van der Waals surface area (Å²) in [6.07, 6.45) is 3.96. The Morgan fingerprint density at radius 2 is 1.89 bits per heavy atom. The fraction of sp³-hybridized carbons (Fsp3) is 0.370. The first-order chi connectivity index (χ1) is 18.4. The van der Waals surface area contributed by atoms with Gasteiger partial charge < -0.3 is 24.1 Å². The molecule has 3 aromatic heterocycles. The van der Waals surface area contributed by atoms with Gasteiger partial charge >= 0.3 is 5.63 Å². The Balaban J connectivity index is 1.21. The number of aliphatic hydroxyl groups is 1. The van der Waals surface area contributed by atoms with Gasteiger partial charge in [0.05, 0.1) is 23.7 Å². The number of H-pyrrole nitrogens is 1. The maximum absolute atomic E-state index is 13.9. The number of pyridine rings is 1. The molecule has 6 rings (SSSR count). The molecule has 9 nitrogen and oxygen atoms in total. The van der Waals surface area contributed by atoms with Gasteiger partial charge in [0.25, 0.3) is 5.91 Å². The van der Waals surface area contributed by atoms with Gasteiger partial charge in [-0.1, -0.05) is 0 Å². The quantitative estimate of drug-likeness (QED) is 0.372. The van der Waals surface area contributed by atoms with Gasteiger partial charge in [-0.05, 0) is 49.9 Å². The van der Waals surface area contributed by atoms with Crippen molar-refractivity contribution in [2.45, 2.75) is 44.3 Å². The number of fused-ring (bicyclic) bond motifs is 4. The van der Waals surface area contributed by atoms with Crippen LogP contribution in [0.2, 0.25) is 0 Å². The fourth-order valence-electron chi connectivity index (χ4n) is 5.76. The number of aliphatic hydroxyl groups excluding tert-OH is 1. The summed E-state index contributed by atoms with van der Waals surface area (Å²) < 4.78 is 38.5. The summed E-state index contributed by atoms with van der Waals surface area (Å²) in [5.41, 5.74) is 1.43. The van der Waals surface area contributed by atoms with Gasteiger partial charge in [-0.15, -0.1) is 0 Å². The molecule has 4 heterocycles. The minimum absolute atomic E-state index is 0.0449. The number of hydrogen-bond acceptors (Lipinski definition) is 7. The van der Waals surface area contributed by atoms with Crippen LogP contribution in [0.15, 0.2) is 45.7 Å². The number of halogens is 2. The second kappa shape index (κ2) is 9.80. The van der Waals surface area contributed by atoms with E-state index in [2.05, 4.69) is 14.9 Å². The van der Waals surface area contributed by atoms with Gasteiger partial charge in [0, 0.05) is 42.3 Å². The lowest BCUT2D eigenvalue weighted by Crippen LogP contribution is -2.49. The van der Waals surface area contributed by atoms with Crippen molar-refractivity contribution >= 4 is 33.5 Å². The van der Waals surface area contributed by atoms with Crippen molar-refractivity contribution in [1.82, 2.24) is 14.9 Å². The van der Waals surface area contributed by atoms with Crippen molar-refractivity contribution in [2.75, 3.05) is 24.7 Å². The van der Waals surface area contributed by atoms with E-state index >= 15 is 0 Å². The molecule has 1 amide bonds. The lowest BCUT2D eigenvalue weighted by Gasteiger charge is -2.41. The van der Waals surface area contributed by atoms with E-state index in [0.29, 0.717) is 53.5 Å². The third-order valence-corrected chi connectivity index (χ3v) is 7.47. The van der Waals surface area contributed by atoms with Crippen molar-refractivity contribution in [1.29, 1.82) is 0 Å². The van der Waals surface area contributed by atoms with Crippen LogP contribution < -0.4 is 15.3 Å². The van der Waals surface area contributed by atoms with Crippen molar-refractivity contribution in [2.24, 2.45) is 0 Å². The molecule has 2 N–H and O–H groups in total. The smallest absolute Gasteiger partial charge is 0.345 e. The van der Waals surface area contributed by atoms with Gasteiger partial charge in [-0.2, -0.15) is 0 Å². The number of benzene rings is 1. The highest BCUT2D eigenvalue weighted by atomic mass is 19.1. The standard InChI is InChI=1S/C27H26F2N4O5/c28-15-1-6-23-20(9-15)25-21(27(36)38-23)11-17(31-25)13-32(7-8-34)18-2-4-19(5-3-18)33-22-10-16(29)12-30-26(22)37-14-24(33)35/h1,6,9-12,18-19,31,34H,2-5,7-8,13-14H2/t18-,19-. The lowest BCUT2D eigenvalue weighted by molar-refractivity contribution is -0.122. The molecule has 1 aromatic carbocycles. The van der Waals surface area contributed by atoms with Gasteiger partial charge in [0.2, 0.25) is 5.88 Å². The Labute approximate surface area is 215 Å². The highest BCUT2D eigenvalue weighted by Gasteiger charge is 2.36. The number of aromatic amines is 1. The van der Waals surface area contributed by atoms with Crippen LogP contribution in [0.4, 0.5) is 14.5 Å². The number of carbonyl (C=O) groups is 1. The summed E-state index contributed by atoms with van der Waals surface area (Å²) in [5.74, 6) is -0.924. The van der Waals surface area contributed by atoms with E-state index in [1.807, 2.05) is 0 Å². The average molecular weight is 525 g/mol. The second-order valence-corrected chi connectivity index (χ2v) is 9.80. The first kappa shape index (κ1) is 24.5. The Hall–Kier alpha value is -3.83. The van der Waals surface area contributed by atoms with Gasteiger partial charge in [0.15, 0.2) is 6.61 Å². The van der Waals surface area contributed by atoms with E-state index < -0.39 is 17.3 Å². The first-order valence-corrected chi connectivity index (χ1v) is 12.6. The van der Waals surface area contributed by atoms with Gasteiger partial charge in [-0.3, -0.25) is 9.69 Å². The number of amides is 1. The highest BCUT2D eigenvalue weighted by molar-refractivity contribution is 6.02. The van der Waals surface area contributed by atoms with Crippen LogP contribution in [0.3, 0.4) is 0 Å². The molecule has 2 aliphatic rings. The van der Waals surface area contributed by atoms with Crippen LogP contribution in [0.5, 0.6) is 5.88 Å². The number of carbonyl (C=O) groups excluding carboxylic acids is 1.